The number of ether oxygens (including phenoxy) is 1. The maximum atomic E-state index is 5.32. The van der Waals surface area contributed by atoms with Crippen molar-refractivity contribution in [2.45, 2.75) is 25.9 Å². The van der Waals surface area contributed by atoms with E-state index in [0.717, 1.165) is 37.3 Å². The molecule has 5 nitrogen and oxygen atoms in total. The van der Waals surface area contributed by atoms with Crippen LogP contribution >= 0.6 is 0 Å². The van der Waals surface area contributed by atoms with Gasteiger partial charge in [0.25, 0.3) is 5.89 Å². The lowest BCUT2D eigenvalue weighted by atomic mass is 10.1. The highest BCUT2D eigenvalue weighted by Crippen LogP contribution is 2.23. The Hall–Kier alpha value is -1.72. The van der Waals surface area contributed by atoms with Crippen molar-refractivity contribution in [3.05, 3.63) is 35.2 Å². The minimum atomic E-state index is 0.599. The number of nitrogens with zero attached hydrogens (tertiary/aromatic N) is 2. The summed E-state index contributed by atoms with van der Waals surface area (Å²) in [5, 5.41) is 7.33. The predicted molar refractivity (Wildman–Crippen MR) is 70.5 cm³/mol. The summed E-state index contributed by atoms with van der Waals surface area (Å²) in [6, 6.07) is 6.29. The van der Waals surface area contributed by atoms with E-state index in [1.165, 1.54) is 11.1 Å². The van der Waals surface area contributed by atoms with E-state index < -0.39 is 0 Å². The molecule has 1 aliphatic heterocycles. The molecule has 1 aromatic heterocycles. The van der Waals surface area contributed by atoms with Gasteiger partial charge in [-0.1, -0.05) is 11.2 Å². The zero-order valence-corrected chi connectivity index (χ0v) is 11.0. The maximum absolute atomic E-state index is 5.32. The zero-order valence-electron chi connectivity index (χ0n) is 11.0. The monoisotopic (exact) mass is 259 g/mol. The second kappa shape index (κ2) is 5.50. The molecule has 3 rings (SSSR count). The van der Waals surface area contributed by atoms with Gasteiger partial charge in [0.1, 0.15) is 0 Å². The molecule has 0 unspecified atom stereocenters. The second-order valence-electron chi connectivity index (χ2n) is 4.70. The van der Waals surface area contributed by atoms with Gasteiger partial charge in [0.05, 0.1) is 0 Å². The first kappa shape index (κ1) is 12.3. The molecule has 19 heavy (non-hydrogen) atoms. The quantitative estimate of drug-likeness (QED) is 0.831. The van der Waals surface area contributed by atoms with Crippen LogP contribution < -0.4 is 5.32 Å². The lowest BCUT2D eigenvalue weighted by Gasteiger charge is -1.99. The molecule has 1 N–H and O–H groups in total. The van der Waals surface area contributed by atoms with Gasteiger partial charge in [-0.15, -0.1) is 0 Å². The Bertz CT molecular complexity index is 566. The molecular weight excluding hydrogens is 242 g/mol. The molecule has 5 heteroatoms. The van der Waals surface area contributed by atoms with Gasteiger partial charge in [0.2, 0.25) is 0 Å². The van der Waals surface area contributed by atoms with Crippen LogP contribution in [0, 0.1) is 0 Å². The Morgan fingerprint density at radius 3 is 3.11 bits per heavy atom. The average molecular weight is 259 g/mol. The number of aromatic nitrogens is 2. The molecule has 1 aromatic carbocycles. The first-order valence-corrected chi connectivity index (χ1v) is 6.51. The van der Waals surface area contributed by atoms with Crippen LogP contribution in [0.15, 0.2) is 22.7 Å². The van der Waals surface area contributed by atoms with Gasteiger partial charge < -0.3 is 14.6 Å². The second-order valence-corrected chi connectivity index (χ2v) is 4.70. The van der Waals surface area contributed by atoms with Crippen LogP contribution in [0.1, 0.15) is 23.4 Å². The van der Waals surface area contributed by atoms with E-state index in [2.05, 4.69) is 27.6 Å². The molecule has 0 radical (unpaired) electrons. The number of hydrogen-bond donors (Lipinski definition) is 1. The predicted octanol–water partition coefficient (Wildman–Crippen LogP) is 1.92. The number of rotatable bonds is 5. The SMILES string of the molecule is COCCCc1noc(-c2ccc3c(c2)CNC3)n1. The molecule has 0 fully saturated rings. The van der Waals surface area contributed by atoms with Crippen molar-refractivity contribution >= 4 is 0 Å². The lowest BCUT2D eigenvalue weighted by Crippen LogP contribution is -1.99. The summed E-state index contributed by atoms with van der Waals surface area (Å²) in [6.07, 6.45) is 1.69. The Morgan fingerprint density at radius 1 is 1.32 bits per heavy atom. The third-order valence-corrected chi connectivity index (χ3v) is 3.30. The van der Waals surface area contributed by atoms with Crippen molar-refractivity contribution in [1.29, 1.82) is 0 Å². The molecule has 0 bridgehead atoms. The van der Waals surface area contributed by atoms with E-state index in [0.29, 0.717) is 12.5 Å². The minimum absolute atomic E-state index is 0.599. The summed E-state index contributed by atoms with van der Waals surface area (Å²) in [6.45, 7) is 2.58. The molecular formula is C14H17N3O2. The molecule has 0 saturated heterocycles. The van der Waals surface area contributed by atoms with Crippen molar-refractivity contribution in [3.63, 3.8) is 0 Å². The maximum Gasteiger partial charge on any atom is 0.257 e. The van der Waals surface area contributed by atoms with Crippen LogP contribution in [0.3, 0.4) is 0 Å². The highest BCUT2D eigenvalue weighted by Gasteiger charge is 2.14. The first-order valence-electron chi connectivity index (χ1n) is 6.51. The average Bonchev–Trinajstić information content (AvgIpc) is 3.06. The van der Waals surface area contributed by atoms with Gasteiger partial charge in [-0.25, -0.2) is 0 Å². The molecule has 0 atom stereocenters. The summed E-state index contributed by atoms with van der Waals surface area (Å²) in [4.78, 5) is 4.42. The van der Waals surface area contributed by atoms with Crippen LogP contribution in [-0.4, -0.2) is 23.9 Å². The van der Waals surface area contributed by atoms with Gasteiger partial charge in [-0.3, -0.25) is 0 Å². The third kappa shape index (κ3) is 2.67. The number of aryl methyl sites for hydroxylation is 1. The Balaban J connectivity index is 1.75. The molecule has 2 aromatic rings. The summed E-state index contributed by atoms with van der Waals surface area (Å²) in [5.74, 6) is 1.34. The zero-order chi connectivity index (χ0) is 13.1. The van der Waals surface area contributed by atoms with Gasteiger partial charge >= 0.3 is 0 Å². The number of nitrogens with one attached hydrogen (secondary N) is 1. The summed E-state index contributed by atoms with van der Waals surface area (Å²) < 4.78 is 10.3. The van der Waals surface area contributed by atoms with Gasteiger partial charge in [0, 0.05) is 38.8 Å². The van der Waals surface area contributed by atoms with Crippen LogP contribution in [-0.2, 0) is 24.2 Å². The third-order valence-electron chi connectivity index (χ3n) is 3.30. The lowest BCUT2D eigenvalue weighted by molar-refractivity contribution is 0.194. The van der Waals surface area contributed by atoms with Crippen LogP contribution in [0.4, 0.5) is 0 Å². The normalized spacial score (nSPS) is 13.7. The fourth-order valence-electron chi connectivity index (χ4n) is 2.28. The number of methoxy groups -OCH3 is 1. The fourth-order valence-corrected chi connectivity index (χ4v) is 2.28. The van der Waals surface area contributed by atoms with Crippen molar-refractivity contribution < 1.29 is 9.26 Å². The van der Waals surface area contributed by atoms with E-state index in [-0.39, 0.29) is 0 Å². The molecule has 0 spiro atoms. The minimum Gasteiger partial charge on any atom is -0.385 e. The van der Waals surface area contributed by atoms with E-state index in [9.17, 15) is 0 Å². The molecule has 2 heterocycles. The molecule has 0 amide bonds. The Labute approximate surface area is 112 Å². The highest BCUT2D eigenvalue weighted by molar-refractivity contribution is 5.56. The van der Waals surface area contributed by atoms with E-state index in [4.69, 9.17) is 9.26 Å². The molecule has 100 valence electrons. The van der Waals surface area contributed by atoms with Gasteiger partial charge in [-0.05, 0) is 29.7 Å². The van der Waals surface area contributed by atoms with Crippen molar-refractivity contribution in [3.8, 4) is 11.5 Å². The summed E-state index contributed by atoms with van der Waals surface area (Å²) in [7, 11) is 1.69. The van der Waals surface area contributed by atoms with Crippen molar-refractivity contribution in [1.82, 2.24) is 15.5 Å². The van der Waals surface area contributed by atoms with E-state index >= 15 is 0 Å². The topological polar surface area (TPSA) is 60.2 Å². The number of hydrogen-bond acceptors (Lipinski definition) is 5. The van der Waals surface area contributed by atoms with Crippen molar-refractivity contribution in [2.75, 3.05) is 13.7 Å². The summed E-state index contributed by atoms with van der Waals surface area (Å²) >= 11 is 0. The standard InChI is InChI=1S/C14H17N3O2/c1-18-6-2-3-13-16-14(19-17-13)10-4-5-11-8-15-9-12(11)7-10/h4-5,7,15H,2-3,6,8-9H2,1H3. The van der Waals surface area contributed by atoms with E-state index in [1.807, 2.05) is 6.07 Å². The van der Waals surface area contributed by atoms with Crippen molar-refractivity contribution in [2.24, 2.45) is 0 Å². The largest absolute Gasteiger partial charge is 0.385 e. The highest BCUT2D eigenvalue weighted by atomic mass is 16.5. The number of fused-ring (bicyclic) bond motifs is 1. The fraction of sp³-hybridized carbons (Fsp3) is 0.429. The summed E-state index contributed by atoms with van der Waals surface area (Å²) in [5.41, 5.74) is 3.66. The van der Waals surface area contributed by atoms with Gasteiger partial charge in [-0.2, -0.15) is 4.98 Å². The number of benzene rings is 1. The first-order chi connectivity index (χ1) is 9.36. The Morgan fingerprint density at radius 2 is 2.21 bits per heavy atom. The van der Waals surface area contributed by atoms with E-state index in [1.54, 1.807) is 7.11 Å². The van der Waals surface area contributed by atoms with Gasteiger partial charge in [0.15, 0.2) is 5.82 Å². The molecule has 0 aliphatic carbocycles. The molecule has 0 saturated carbocycles. The van der Waals surface area contributed by atoms with Crippen LogP contribution in [0.25, 0.3) is 11.5 Å². The Kier molecular flexibility index (Phi) is 3.57. The smallest absolute Gasteiger partial charge is 0.257 e. The molecule has 1 aliphatic rings. The van der Waals surface area contributed by atoms with Crippen LogP contribution in [0.5, 0.6) is 0 Å². The van der Waals surface area contributed by atoms with Crippen LogP contribution in [0.2, 0.25) is 0 Å².